The van der Waals surface area contributed by atoms with Gasteiger partial charge in [0, 0.05) is 6.54 Å². The molecule has 0 aliphatic carbocycles. The van der Waals surface area contributed by atoms with Gasteiger partial charge in [-0.3, -0.25) is 4.79 Å². The summed E-state index contributed by atoms with van der Waals surface area (Å²) >= 11 is 0. The Kier molecular flexibility index (Phi) is 5.90. The number of amides is 1. The summed E-state index contributed by atoms with van der Waals surface area (Å²) in [6.07, 6.45) is 0.172. The van der Waals surface area contributed by atoms with E-state index in [1.54, 1.807) is 6.92 Å². The Bertz CT molecular complexity index is 196. The molecule has 0 heterocycles. The second-order valence-corrected chi connectivity index (χ2v) is 3.06. The Morgan fingerprint density at radius 1 is 1.54 bits per heavy atom. The van der Waals surface area contributed by atoms with Crippen LogP contribution in [0.4, 0.5) is 0 Å². The Morgan fingerprint density at radius 3 is 2.62 bits per heavy atom. The van der Waals surface area contributed by atoms with Gasteiger partial charge in [-0.15, -0.1) is 0 Å². The molecule has 74 valence electrons. The lowest BCUT2D eigenvalue weighted by Crippen LogP contribution is -2.31. The van der Waals surface area contributed by atoms with Gasteiger partial charge in [0.15, 0.2) is 0 Å². The van der Waals surface area contributed by atoms with E-state index < -0.39 is 5.92 Å². The van der Waals surface area contributed by atoms with Gasteiger partial charge in [0.1, 0.15) is 5.92 Å². The number of carbonyl (C=O) groups excluding carboxylic acids is 1. The van der Waals surface area contributed by atoms with Gasteiger partial charge in [-0.05, 0) is 20.8 Å². The number of ether oxygens (including phenoxy) is 1. The molecule has 13 heavy (non-hydrogen) atoms. The highest BCUT2D eigenvalue weighted by Gasteiger charge is 2.09. The summed E-state index contributed by atoms with van der Waals surface area (Å²) in [5.74, 6) is -0.825. The van der Waals surface area contributed by atoms with Crippen molar-refractivity contribution in [2.24, 2.45) is 5.92 Å². The Balaban J connectivity index is 3.44. The summed E-state index contributed by atoms with van der Waals surface area (Å²) in [5.41, 5.74) is 0. The maximum absolute atomic E-state index is 11.0. The van der Waals surface area contributed by atoms with Gasteiger partial charge in [0.2, 0.25) is 5.91 Å². The average molecular weight is 184 g/mol. The van der Waals surface area contributed by atoms with E-state index in [0.29, 0.717) is 13.2 Å². The van der Waals surface area contributed by atoms with Crippen LogP contribution in [0.15, 0.2) is 0 Å². The highest BCUT2D eigenvalue weighted by molar-refractivity contribution is 5.80. The van der Waals surface area contributed by atoms with Crippen LogP contribution in [0.2, 0.25) is 0 Å². The van der Waals surface area contributed by atoms with E-state index in [9.17, 15) is 4.79 Å². The third kappa shape index (κ3) is 6.12. The van der Waals surface area contributed by atoms with Crippen LogP contribution < -0.4 is 5.32 Å². The van der Waals surface area contributed by atoms with Crippen LogP contribution in [0.3, 0.4) is 0 Å². The maximum Gasteiger partial charge on any atom is 0.237 e. The van der Waals surface area contributed by atoms with Gasteiger partial charge in [-0.25, -0.2) is 0 Å². The number of hydrogen-bond acceptors (Lipinski definition) is 3. The van der Waals surface area contributed by atoms with Crippen LogP contribution in [0.1, 0.15) is 20.8 Å². The Labute approximate surface area is 78.9 Å². The smallest absolute Gasteiger partial charge is 0.237 e. The van der Waals surface area contributed by atoms with E-state index in [1.165, 1.54) is 0 Å². The van der Waals surface area contributed by atoms with Crippen molar-refractivity contribution in [1.82, 2.24) is 5.32 Å². The van der Waals surface area contributed by atoms with E-state index in [0.717, 1.165) is 0 Å². The van der Waals surface area contributed by atoms with Crippen LogP contribution in [0.25, 0.3) is 0 Å². The molecule has 0 aliphatic rings. The summed E-state index contributed by atoms with van der Waals surface area (Å²) in [5, 5.41) is 11.0. The zero-order valence-electron chi connectivity index (χ0n) is 8.33. The molecule has 1 N–H and O–H groups in total. The first-order chi connectivity index (χ1) is 6.07. The molecule has 0 radical (unpaired) electrons. The molecule has 0 bridgehead atoms. The summed E-state index contributed by atoms with van der Waals surface area (Å²) in [6, 6.07) is 1.86. The van der Waals surface area contributed by atoms with Gasteiger partial charge < -0.3 is 10.1 Å². The van der Waals surface area contributed by atoms with Crippen molar-refractivity contribution < 1.29 is 9.53 Å². The predicted octanol–water partition coefficient (Wildman–Crippen LogP) is 0.687. The van der Waals surface area contributed by atoms with Gasteiger partial charge in [-0.1, -0.05) is 0 Å². The zero-order valence-corrected chi connectivity index (χ0v) is 8.33. The summed E-state index contributed by atoms with van der Waals surface area (Å²) in [6.45, 7) is 6.38. The lowest BCUT2D eigenvalue weighted by atomic mass is 10.2. The van der Waals surface area contributed by atoms with Crippen LogP contribution in [-0.4, -0.2) is 25.2 Å². The SMILES string of the molecule is CC(C)OCCNC(=O)C(C)C#N. The van der Waals surface area contributed by atoms with Crippen molar-refractivity contribution in [2.45, 2.75) is 26.9 Å². The van der Waals surface area contributed by atoms with E-state index in [4.69, 9.17) is 10.00 Å². The molecule has 1 amide bonds. The standard InChI is InChI=1S/C9H16N2O2/c1-7(2)13-5-4-11-9(12)8(3)6-10/h7-8H,4-5H2,1-3H3,(H,11,12). The molecule has 1 atom stereocenters. The third-order valence-corrected chi connectivity index (χ3v) is 1.44. The van der Waals surface area contributed by atoms with Crippen molar-refractivity contribution in [3.05, 3.63) is 0 Å². The number of hydrogen-bond donors (Lipinski definition) is 1. The molecule has 0 spiro atoms. The number of rotatable bonds is 5. The maximum atomic E-state index is 11.0. The first-order valence-electron chi connectivity index (χ1n) is 4.37. The number of nitrogens with zero attached hydrogens (tertiary/aromatic N) is 1. The van der Waals surface area contributed by atoms with Gasteiger partial charge in [0.05, 0.1) is 18.8 Å². The molecule has 0 fully saturated rings. The van der Waals surface area contributed by atoms with Crippen molar-refractivity contribution in [2.75, 3.05) is 13.2 Å². The second kappa shape index (κ2) is 6.44. The summed E-state index contributed by atoms with van der Waals surface area (Å²) in [4.78, 5) is 11.0. The van der Waals surface area contributed by atoms with Crippen molar-refractivity contribution >= 4 is 5.91 Å². The van der Waals surface area contributed by atoms with Gasteiger partial charge in [0.25, 0.3) is 0 Å². The van der Waals surface area contributed by atoms with Gasteiger partial charge in [-0.2, -0.15) is 5.26 Å². The normalized spacial score (nSPS) is 12.2. The summed E-state index contributed by atoms with van der Waals surface area (Å²) < 4.78 is 5.21. The van der Waals surface area contributed by atoms with Crippen LogP contribution in [0, 0.1) is 17.2 Å². The van der Waals surface area contributed by atoms with Crippen LogP contribution >= 0.6 is 0 Å². The Hall–Kier alpha value is -1.08. The molecule has 0 rings (SSSR count). The minimum Gasteiger partial charge on any atom is -0.377 e. The fourth-order valence-corrected chi connectivity index (χ4v) is 0.681. The van der Waals surface area contributed by atoms with Crippen molar-refractivity contribution in [1.29, 1.82) is 5.26 Å². The number of nitriles is 1. The van der Waals surface area contributed by atoms with Crippen molar-refractivity contribution in [3.63, 3.8) is 0 Å². The molecule has 0 aromatic heterocycles. The fourth-order valence-electron chi connectivity index (χ4n) is 0.681. The van der Waals surface area contributed by atoms with Crippen LogP contribution in [0.5, 0.6) is 0 Å². The molecule has 0 saturated carbocycles. The quantitative estimate of drug-likeness (QED) is 0.639. The van der Waals surface area contributed by atoms with Crippen molar-refractivity contribution in [3.8, 4) is 6.07 Å². The zero-order chi connectivity index (χ0) is 10.3. The molecule has 1 unspecified atom stereocenters. The molecule has 0 aromatic rings. The largest absolute Gasteiger partial charge is 0.377 e. The predicted molar refractivity (Wildman–Crippen MR) is 48.9 cm³/mol. The minimum absolute atomic E-state index is 0.172. The molecular weight excluding hydrogens is 168 g/mol. The molecule has 0 aliphatic heterocycles. The van der Waals surface area contributed by atoms with E-state index >= 15 is 0 Å². The molecule has 0 saturated heterocycles. The molecule has 4 nitrogen and oxygen atoms in total. The minimum atomic E-state index is -0.584. The second-order valence-electron chi connectivity index (χ2n) is 3.06. The fraction of sp³-hybridized carbons (Fsp3) is 0.778. The van der Waals surface area contributed by atoms with E-state index in [1.807, 2.05) is 19.9 Å². The number of nitrogens with one attached hydrogen (secondary N) is 1. The number of carbonyl (C=O) groups is 1. The Morgan fingerprint density at radius 2 is 2.15 bits per heavy atom. The molecule has 4 heteroatoms. The first-order valence-corrected chi connectivity index (χ1v) is 4.37. The summed E-state index contributed by atoms with van der Waals surface area (Å²) in [7, 11) is 0. The highest BCUT2D eigenvalue weighted by Crippen LogP contribution is 1.90. The third-order valence-electron chi connectivity index (χ3n) is 1.44. The van der Waals surface area contributed by atoms with E-state index in [-0.39, 0.29) is 12.0 Å². The monoisotopic (exact) mass is 184 g/mol. The van der Waals surface area contributed by atoms with E-state index in [2.05, 4.69) is 5.32 Å². The lowest BCUT2D eigenvalue weighted by molar-refractivity contribution is -0.123. The van der Waals surface area contributed by atoms with Crippen LogP contribution in [-0.2, 0) is 9.53 Å². The lowest BCUT2D eigenvalue weighted by Gasteiger charge is -2.08. The molecular formula is C9H16N2O2. The molecule has 0 aromatic carbocycles. The van der Waals surface area contributed by atoms with Gasteiger partial charge >= 0.3 is 0 Å². The first kappa shape index (κ1) is 11.9. The average Bonchev–Trinajstić information content (AvgIpc) is 2.10. The highest BCUT2D eigenvalue weighted by atomic mass is 16.5. The topological polar surface area (TPSA) is 62.1 Å².